The summed E-state index contributed by atoms with van der Waals surface area (Å²) in [5.74, 6) is -0.930. The van der Waals surface area contributed by atoms with Crippen LogP contribution < -0.4 is 4.74 Å². The zero-order valence-corrected chi connectivity index (χ0v) is 9.41. The maximum Gasteiger partial charge on any atom is 0.235 e. The van der Waals surface area contributed by atoms with E-state index in [4.69, 9.17) is 20.8 Å². The van der Waals surface area contributed by atoms with Gasteiger partial charge < -0.3 is 9.15 Å². The lowest BCUT2D eigenvalue weighted by molar-refractivity contribution is 0.0891. The average molecular weight is 255 g/mol. The van der Waals surface area contributed by atoms with Gasteiger partial charge in [0.05, 0.1) is 11.3 Å². The molecule has 1 aromatic carbocycles. The molecular weight excluding hydrogens is 247 g/mol. The number of hydrogen-bond acceptors (Lipinski definition) is 3. The van der Waals surface area contributed by atoms with Crippen LogP contribution in [0.2, 0.25) is 5.02 Å². The van der Waals surface area contributed by atoms with Crippen molar-refractivity contribution in [3.63, 3.8) is 0 Å². The topological polar surface area (TPSA) is 39.4 Å². The zero-order chi connectivity index (χ0) is 12.3. The van der Waals surface area contributed by atoms with Crippen LogP contribution in [0, 0.1) is 5.82 Å². The highest BCUT2D eigenvalue weighted by Crippen LogP contribution is 2.24. The molecule has 0 radical (unpaired) electrons. The number of ketones is 1. The van der Waals surface area contributed by atoms with E-state index in [-0.39, 0.29) is 28.9 Å². The molecule has 2 aromatic rings. The van der Waals surface area contributed by atoms with Crippen LogP contribution in [-0.4, -0.2) is 12.4 Å². The number of furan rings is 1. The van der Waals surface area contributed by atoms with Crippen LogP contribution in [0.4, 0.5) is 4.39 Å². The van der Waals surface area contributed by atoms with E-state index in [1.54, 1.807) is 6.07 Å². The fourth-order valence-corrected chi connectivity index (χ4v) is 1.41. The second-order valence-corrected chi connectivity index (χ2v) is 3.65. The Morgan fingerprint density at radius 1 is 1.35 bits per heavy atom. The van der Waals surface area contributed by atoms with Gasteiger partial charge in [0.1, 0.15) is 0 Å². The average Bonchev–Trinajstić information content (AvgIpc) is 2.84. The number of carbonyl (C=O) groups excluding carboxylic acids is 1. The van der Waals surface area contributed by atoms with Crippen LogP contribution in [0.15, 0.2) is 41.0 Å². The first-order valence-corrected chi connectivity index (χ1v) is 5.20. The third-order valence-electron chi connectivity index (χ3n) is 2.07. The van der Waals surface area contributed by atoms with Gasteiger partial charge in [-0.3, -0.25) is 4.79 Å². The largest absolute Gasteiger partial charge is 0.482 e. The summed E-state index contributed by atoms with van der Waals surface area (Å²) in [5, 5.41) is -0.0482. The summed E-state index contributed by atoms with van der Waals surface area (Å²) in [6.45, 7) is -0.301. The molecule has 1 aromatic heterocycles. The van der Waals surface area contributed by atoms with E-state index in [1.165, 1.54) is 30.5 Å². The summed E-state index contributed by atoms with van der Waals surface area (Å²) >= 11 is 5.57. The van der Waals surface area contributed by atoms with Crippen molar-refractivity contribution >= 4 is 17.4 Å². The maximum atomic E-state index is 13.4. The van der Waals surface area contributed by atoms with E-state index in [2.05, 4.69) is 0 Å². The van der Waals surface area contributed by atoms with Crippen LogP contribution in [0.1, 0.15) is 10.6 Å². The van der Waals surface area contributed by atoms with Crippen molar-refractivity contribution in [3.8, 4) is 5.75 Å². The summed E-state index contributed by atoms with van der Waals surface area (Å²) in [6, 6.07) is 7.44. The lowest BCUT2D eigenvalue weighted by atomic mass is 10.3. The van der Waals surface area contributed by atoms with E-state index < -0.39 is 5.82 Å². The third-order valence-corrected chi connectivity index (χ3v) is 2.36. The molecule has 0 unspecified atom stereocenters. The minimum atomic E-state index is -0.679. The molecule has 0 aliphatic rings. The first-order valence-electron chi connectivity index (χ1n) is 4.82. The fraction of sp³-hybridized carbons (Fsp3) is 0.0833. The Labute approximate surface area is 102 Å². The molecule has 0 atom stereocenters. The highest BCUT2D eigenvalue weighted by atomic mass is 35.5. The monoisotopic (exact) mass is 254 g/mol. The Bertz CT molecular complexity index is 523. The first kappa shape index (κ1) is 11.7. The van der Waals surface area contributed by atoms with Gasteiger partial charge in [0.25, 0.3) is 0 Å². The Kier molecular flexibility index (Phi) is 3.44. The summed E-state index contributed by atoms with van der Waals surface area (Å²) in [7, 11) is 0. The van der Waals surface area contributed by atoms with Gasteiger partial charge in [-0.05, 0) is 24.3 Å². The van der Waals surface area contributed by atoms with E-state index in [9.17, 15) is 9.18 Å². The molecule has 0 amide bonds. The van der Waals surface area contributed by atoms with Gasteiger partial charge in [-0.15, -0.1) is 0 Å². The number of Topliss-reactive ketones (excluding diaryl/α,β-unsaturated/α-hetero) is 1. The zero-order valence-electron chi connectivity index (χ0n) is 8.65. The molecule has 0 fully saturated rings. The number of hydrogen-bond donors (Lipinski definition) is 0. The van der Waals surface area contributed by atoms with Crippen molar-refractivity contribution in [3.05, 3.63) is 53.2 Å². The van der Waals surface area contributed by atoms with Crippen LogP contribution in [0.3, 0.4) is 0 Å². The highest BCUT2D eigenvalue weighted by molar-refractivity contribution is 6.30. The Morgan fingerprint density at radius 3 is 2.88 bits per heavy atom. The van der Waals surface area contributed by atoms with Gasteiger partial charge in [-0.25, -0.2) is 4.39 Å². The molecule has 1 heterocycles. The smallest absolute Gasteiger partial charge is 0.235 e. The second-order valence-electron chi connectivity index (χ2n) is 3.24. The summed E-state index contributed by atoms with van der Waals surface area (Å²) in [4.78, 5) is 11.5. The number of ether oxygens (including phenoxy) is 1. The van der Waals surface area contributed by atoms with Crippen LogP contribution in [-0.2, 0) is 0 Å². The Balaban J connectivity index is 2.03. The highest BCUT2D eigenvalue weighted by Gasteiger charge is 2.12. The molecule has 88 valence electrons. The number of rotatable bonds is 4. The number of carbonyl (C=O) groups is 1. The maximum absolute atomic E-state index is 13.4. The van der Waals surface area contributed by atoms with Crippen LogP contribution in [0.5, 0.6) is 5.75 Å². The minimum absolute atomic E-state index is 0.0482. The molecule has 3 nitrogen and oxygen atoms in total. The van der Waals surface area contributed by atoms with Crippen LogP contribution in [0.25, 0.3) is 0 Å². The van der Waals surface area contributed by atoms with Gasteiger partial charge >= 0.3 is 0 Å². The molecule has 0 aliphatic heterocycles. The molecule has 0 aliphatic carbocycles. The molecule has 0 N–H and O–H groups in total. The van der Waals surface area contributed by atoms with Gasteiger partial charge in [0, 0.05) is 0 Å². The van der Waals surface area contributed by atoms with E-state index in [1.807, 2.05) is 0 Å². The van der Waals surface area contributed by atoms with Crippen molar-refractivity contribution in [1.29, 1.82) is 0 Å². The molecule has 17 heavy (non-hydrogen) atoms. The normalized spacial score (nSPS) is 10.2. The van der Waals surface area contributed by atoms with Gasteiger partial charge in [-0.1, -0.05) is 17.7 Å². The summed E-state index contributed by atoms with van der Waals surface area (Å²) < 4.78 is 23.3. The second kappa shape index (κ2) is 5.01. The van der Waals surface area contributed by atoms with Crippen molar-refractivity contribution in [1.82, 2.24) is 0 Å². The van der Waals surface area contributed by atoms with Crippen LogP contribution >= 0.6 is 11.6 Å². The molecular formula is C12H8ClFO3. The van der Waals surface area contributed by atoms with E-state index >= 15 is 0 Å². The van der Waals surface area contributed by atoms with Crippen molar-refractivity contribution < 1.29 is 18.3 Å². The first-order chi connectivity index (χ1) is 8.18. The predicted molar refractivity (Wildman–Crippen MR) is 59.9 cm³/mol. The lowest BCUT2D eigenvalue weighted by Crippen LogP contribution is -2.11. The predicted octanol–water partition coefficient (Wildman–Crippen LogP) is 3.33. The fourth-order valence-electron chi connectivity index (χ4n) is 1.25. The van der Waals surface area contributed by atoms with Gasteiger partial charge in [0.2, 0.25) is 5.78 Å². The minimum Gasteiger partial charge on any atom is -0.482 e. The molecule has 0 saturated heterocycles. The lowest BCUT2D eigenvalue weighted by Gasteiger charge is -2.06. The molecule has 2 rings (SSSR count). The van der Waals surface area contributed by atoms with Gasteiger partial charge in [-0.2, -0.15) is 0 Å². The molecule has 0 bridgehead atoms. The van der Waals surface area contributed by atoms with Crippen molar-refractivity contribution in [2.24, 2.45) is 0 Å². The molecule has 5 heteroatoms. The summed E-state index contributed by atoms with van der Waals surface area (Å²) in [5.41, 5.74) is 0. The Morgan fingerprint density at radius 2 is 2.18 bits per heavy atom. The molecule has 0 saturated carbocycles. The third kappa shape index (κ3) is 2.65. The Hall–Kier alpha value is -1.81. The molecule has 0 spiro atoms. The van der Waals surface area contributed by atoms with Crippen molar-refractivity contribution in [2.75, 3.05) is 6.61 Å². The van der Waals surface area contributed by atoms with Gasteiger partial charge in [0.15, 0.2) is 23.9 Å². The quantitative estimate of drug-likeness (QED) is 0.786. The van der Waals surface area contributed by atoms with E-state index in [0.29, 0.717) is 0 Å². The van der Waals surface area contributed by atoms with E-state index in [0.717, 1.165) is 0 Å². The summed E-state index contributed by atoms with van der Waals surface area (Å²) in [6.07, 6.45) is 1.38. The number of halogens is 2. The SMILES string of the molecule is O=C(COc1cccc(Cl)c1F)c1ccco1. The number of benzene rings is 1. The van der Waals surface area contributed by atoms with Crippen molar-refractivity contribution in [2.45, 2.75) is 0 Å². The standard InChI is InChI=1S/C12H8ClFO3/c13-8-3-1-4-11(12(8)14)17-7-9(15)10-5-2-6-16-10/h1-6H,7H2.